The lowest BCUT2D eigenvalue weighted by Gasteiger charge is -2.08. The quantitative estimate of drug-likeness (QED) is 0.315. The van der Waals surface area contributed by atoms with Crippen molar-refractivity contribution in [2.45, 2.75) is 6.54 Å². The monoisotopic (exact) mass is 383 g/mol. The van der Waals surface area contributed by atoms with E-state index in [-0.39, 0.29) is 5.82 Å². The summed E-state index contributed by atoms with van der Waals surface area (Å²) in [6, 6.07) is 4.56. The van der Waals surface area contributed by atoms with Crippen molar-refractivity contribution in [3.8, 4) is 0 Å². The lowest BCUT2D eigenvalue weighted by Crippen LogP contribution is -2.12. The van der Waals surface area contributed by atoms with E-state index in [0.717, 1.165) is 4.68 Å². The standard InChI is InChI=1S/C17H10F5N3O2/c18-13-10(14(19)16(21)17(22)15(13)20)8-25-6-5-11(24-25)23-12(26)4-3-9-2-1-7-27-9/h1-7H,8H2,(H,23,24,26). The van der Waals surface area contributed by atoms with Gasteiger partial charge in [-0.25, -0.2) is 22.0 Å². The van der Waals surface area contributed by atoms with Crippen LogP contribution in [-0.2, 0) is 11.3 Å². The molecule has 0 saturated carbocycles. The Morgan fingerprint density at radius 2 is 1.74 bits per heavy atom. The summed E-state index contributed by atoms with van der Waals surface area (Å²) < 4.78 is 72.8. The number of hydrogen-bond acceptors (Lipinski definition) is 3. The molecule has 0 spiro atoms. The van der Waals surface area contributed by atoms with Crippen molar-refractivity contribution in [1.82, 2.24) is 9.78 Å². The van der Waals surface area contributed by atoms with Gasteiger partial charge in [-0.05, 0) is 18.2 Å². The summed E-state index contributed by atoms with van der Waals surface area (Å²) in [5.41, 5.74) is -1.04. The number of carbonyl (C=O) groups is 1. The number of benzene rings is 1. The largest absolute Gasteiger partial charge is 0.465 e. The minimum atomic E-state index is -2.23. The average Bonchev–Trinajstić information content (AvgIpc) is 3.32. The Labute approximate surface area is 148 Å². The van der Waals surface area contributed by atoms with Crippen molar-refractivity contribution in [1.29, 1.82) is 0 Å². The highest BCUT2D eigenvalue weighted by Crippen LogP contribution is 2.23. The second kappa shape index (κ2) is 7.44. The van der Waals surface area contributed by atoms with Gasteiger partial charge in [-0.1, -0.05) is 0 Å². The van der Waals surface area contributed by atoms with Gasteiger partial charge in [0.2, 0.25) is 11.7 Å². The van der Waals surface area contributed by atoms with Crippen molar-refractivity contribution in [2.24, 2.45) is 0 Å². The molecule has 2 heterocycles. The molecule has 0 bridgehead atoms. The fourth-order valence-electron chi connectivity index (χ4n) is 2.18. The molecule has 0 atom stereocenters. The van der Waals surface area contributed by atoms with Crippen molar-refractivity contribution >= 4 is 17.8 Å². The molecule has 2 aromatic heterocycles. The molecule has 140 valence electrons. The zero-order valence-corrected chi connectivity index (χ0v) is 13.3. The Bertz CT molecular complexity index is 983. The second-order valence-electron chi connectivity index (χ2n) is 5.29. The van der Waals surface area contributed by atoms with Crippen LogP contribution in [0, 0.1) is 29.1 Å². The molecule has 0 aliphatic heterocycles. The van der Waals surface area contributed by atoms with Crippen LogP contribution in [-0.4, -0.2) is 15.7 Å². The van der Waals surface area contributed by atoms with E-state index in [4.69, 9.17) is 4.42 Å². The van der Waals surface area contributed by atoms with Crippen LogP contribution < -0.4 is 5.32 Å². The van der Waals surface area contributed by atoms with E-state index < -0.39 is 47.1 Å². The molecule has 1 aromatic carbocycles. The van der Waals surface area contributed by atoms with E-state index in [1.165, 1.54) is 30.7 Å². The lowest BCUT2D eigenvalue weighted by molar-refractivity contribution is -0.111. The third kappa shape index (κ3) is 3.89. The van der Waals surface area contributed by atoms with E-state index in [1.807, 2.05) is 0 Å². The Morgan fingerprint density at radius 3 is 2.37 bits per heavy atom. The van der Waals surface area contributed by atoms with Gasteiger partial charge >= 0.3 is 0 Å². The third-order valence-electron chi connectivity index (χ3n) is 3.45. The third-order valence-corrected chi connectivity index (χ3v) is 3.45. The zero-order chi connectivity index (χ0) is 19.6. The molecule has 5 nitrogen and oxygen atoms in total. The molecule has 3 aromatic rings. The maximum atomic E-state index is 13.7. The van der Waals surface area contributed by atoms with Crippen molar-refractivity contribution in [2.75, 3.05) is 5.32 Å². The van der Waals surface area contributed by atoms with Crippen LogP contribution in [0.3, 0.4) is 0 Å². The van der Waals surface area contributed by atoms with Crippen LogP contribution in [0.15, 0.2) is 41.2 Å². The van der Waals surface area contributed by atoms with Gasteiger partial charge in [0.15, 0.2) is 29.1 Å². The Kier molecular flexibility index (Phi) is 5.06. The summed E-state index contributed by atoms with van der Waals surface area (Å²) in [7, 11) is 0. The van der Waals surface area contributed by atoms with Gasteiger partial charge in [0, 0.05) is 18.3 Å². The van der Waals surface area contributed by atoms with E-state index in [2.05, 4.69) is 10.4 Å². The molecule has 10 heteroatoms. The second-order valence-corrected chi connectivity index (χ2v) is 5.29. The average molecular weight is 383 g/mol. The summed E-state index contributed by atoms with van der Waals surface area (Å²) in [5, 5.41) is 6.19. The summed E-state index contributed by atoms with van der Waals surface area (Å²) in [6.07, 6.45) is 5.21. The van der Waals surface area contributed by atoms with Crippen LogP contribution in [0.5, 0.6) is 0 Å². The predicted molar refractivity (Wildman–Crippen MR) is 83.9 cm³/mol. The number of rotatable bonds is 5. The van der Waals surface area contributed by atoms with Gasteiger partial charge in [0.05, 0.1) is 18.4 Å². The van der Waals surface area contributed by atoms with Crippen LogP contribution in [0.1, 0.15) is 11.3 Å². The van der Waals surface area contributed by atoms with Crippen LogP contribution in [0.4, 0.5) is 27.8 Å². The van der Waals surface area contributed by atoms with Gasteiger partial charge in [-0.3, -0.25) is 9.48 Å². The number of anilines is 1. The summed E-state index contributed by atoms with van der Waals surface area (Å²) in [5.74, 6) is -10.3. The topological polar surface area (TPSA) is 60.1 Å². The highest BCUT2D eigenvalue weighted by Gasteiger charge is 2.25. The molecule has 0 radical (unpaired) electrons. The number of carbonyl (C=O) groups excluding carboxylic acids is 1. The molecule has 1 N–H and O–H groups in total. The zero-order valence-electron chi connectivity index (χ0n) is 13.3. The fraction of sp³-hybridized carbons (Fsp3) is 0.0588. The lowest BCUT2D eigenvalue weighted by atomic mass is 10.1. The SMILES string of the molecule is O=C(C=Cc1ccco1)Nc1ccn(Cc2c(F)c(F)c(F)c(F)c2F)n1. The molecular formula is C17H10F5N3O2. The first-order valence-corrected chi connectivity index (χ1v) is 7.43. The van der Waals surface area contributed by atoms with Gasteiger partial charge in [-0.2, -0.15) is 5.10 Å². The van der Waals surface area contributed by atoms with Gasteiger partial charge in [0.1, 0.15) is 5.76 Å². The van der Waals surface area contributed by atoms with Gasteiger partial charge in [0.25, 0.3) is 0 Å². The molecule has 0 fully saturated rings. The van der Waals surface area contributed by atoms with Crippen molar-refractivity contribution in [3.05, 3.63) is 77.1 Å². The molecule has 0 saturated heterocycles. The molecule has 3 rings (SSSR count). The highest BCUT2D eigenvalue weighted by atomic mass is 19.2. The van der Waals surface area contributed by atoms with E-state index in [9.17, 15) is 26.7 Å². The molecule has 0 aliphatic rings. The van der Waals surface area contributed by atoms with E-state index in [1.54, 1.807) is 12.1 Å². The number of amides is 1. The maximum Gasteiger partial charge on any atom is 0.249 e. The van der Waals surface area contributed by atoms with Crippen molar-refractivity contribution < 1.29 is 31.2 Å². The predicted octanol–water partition coefficient (Wildman–Crippen LogP) is 3.87. The number of halogens is 5. The number of hydrogen-bond donors (Lipinski definition) is 1. The minimum Gasteiger partial charge on any atom is -0.465 e. The smallest absolute Gasteiger partial charge is 0.249 e. The minimum absolute atomic E-state index is 0.0213. The summed E-state index contributed by atoms with van der Waals surface area (Å²) in [4.78, 5) is 11.8. The number of nitrogens with one attached hydrogen (secondary N) is 1. The molecular weight excluding hydrogens is 373 g/mol. The Morgan fingerprint density at radius 1 is 1.07 bits per heavy atom. The van der Waals surface area contributed by atoms with E-state index in [0.29, 0.717) is 5.76 Å². The first kappa shape index (κ1) is 18.4. The van der Waals surface area contributed by atoms with E-state index >= 15 is 0 Å². The normalized spacial score (nSPS) is 11.3. The summed E-state index contributed by atoms with van der Waals surface area (Å²) >= 11 is 0. The van der Waals surface area contributed by atoms with Gasteiger partial charge in [-0.15, -0.1) is 0 Å². The van der Waals surface area contributed by atoms with Crippen LogP contribution in [0.2, 0.25) is 0 Å². The highest BCUT2D eigenvalue weighted by molar-refractivity contribution is 6.01. The molecule has 1 amide bonds. The molecule has 27 heavy (non-hydrogen) atoms. The fourth-order valence-corrected chi connectivity index (χ4v) is 2.18. The van der Waals surface area contributed by atoms with Crippen LogP contribution >= 0.6 is 0 Å². The first-order chi connectivity index (χ1) is 12.9. The number of furan rings is 1. The van der Waals surface area contributed by atoms with Crippen molar-refractivity contribution in [3.63, 3.8) is 0 Å². The van der Waals surface area contributed by atoms with Crippen LogP contribution in [0.25, 0.3) is 6.08 Å². The first-order valence-electron chi connectivity index (χ1n) is 7.43. The maximum absolute atomic E-state index is 13.7. The molecule has 0 aliphatic carbocycles. The number of aromatic nitrogens is 2. The Balaban J connectivity index is 1.73. The number of nitrogens with zero attached hydrogens (tertiary/aromatic N) is 2. The Hall–Kier alpha value is -3.43. The summed E-state index contributed by atoms with van der Waals surface area (Å²) in [6.45, 7) is -0.718. The van der Waals surface area contributed by atoms with Gasteiger partial charge < -0.3 is 9.73 Å². The molecule has 0 unspecified atom stereocenters.